The average molecular weight is 1080 g/mol. The van der Waals surface area contributed by atoms with Crippen molar-refractivity contribution in [3.05, 3.63) is 224 Å². The van der Waals surface area contributed by atoms with Gasteiger partial charge in [-0.05, 0) is 86.5 Å². The number of aromatic nitrogens is 2. The molecule has 5 nitrogen and oxygen atoms in total. The third kappa shape index (κ3) is 8.53. The van der Waals surface area contributed by atoms with Gasteiger partial charge in [-0.2, -0.15) is 6.07 Å². The number of rotatable bonds is 8. The maximum Gasteiger partial charge on any atom is 0.135 e. The largest absolute Gasteiger partial charge is 0.509 e. The number of anilines is 4. The summed E-state index contributed by atoms with van der Waals surface area (Å²) in [5.41, 5.74) is 14.0. The average Bonchev–Trinajstić information content (AvgIpc) is 3.90. The summed E-state index contributed by atoms with van der Waals surface area (Å²) in [6.45, 7) is 15.6. The van der Waals surface area contributed by atoms with Gasteiger partial charge in [0.15, 0.2) is 0 Å². The monoisotopic (exact) mass is 1080 g/mol. The maximum absolute atomic E-state index is 14.4. The van der Waals surface area contributed by atoms with Crippen LogP contribution >= 0.6 is 0 Å². The van der Waals surface area contributed by atoms with Gasteiger partial charge < -0.3 is 19.1 Å². The van der Waals surface area contributed by atoms with Crippen molar-refractivity contribution < 1.29 is 30.2 Å². The van der Waals surface area contributed by atoms with Gasteiger partial charge in [0.25, 0.3) is 0 Å². The van der Waals surface area contributed by atoms with Crippen molar-refractivity contribution in [1.29, 1.82) is 0 Å². The number of nitrogens with zero attached hydrogens (tertiary/aromatic N) is 4. The second-order valence-corrected chi connectivity index (χ2v) is 19.5. The molecule has 344 valence electrons. The molecule has 0 radical (unpaired) electrons. The van der Waals surface area contributed by atoms with E-state index in [1.807, 2.05) is 30.5 Å². The van der Waals surface area contributed by atoms with E-state index in [1.165, 1.54) is 23.3 Å². The fourth-order valence-corrected chi connectivity index (χ4v) is 9.55. The molecule has 1 aliphatic rings. The van der Waals surface area contributed by atoms with Crippen molar-refractivity contribution in [2.45, 2.75) is 52.4 Å². The van der Waals surface area contributed by atoms with Gasteiger partial charge in [-0.3, -0.25) is 0 Å². The molecule has 0 spiro atoms. The van der Waals surface area contributed by atoms with Gasteiger partial charge in [0, 0.05) is 72.5 Å². The fourth-order valence-electron chi connectivity index (χ4n) is 9.55. The molecule has 0 saturated carbocycles. The third-order valence-electron chi connectivity index (χ3n) is 12.9. The minimum absolute atomic E-state index is 0. The van der Waals surface area contributed by atoms with Crippen molar-refractivity contribution in [2.75, 3.05) is 9.80 Å². The van der Waals surface area contributed by atoms with Crippen LogP contribution in [-0.4, -0.2) is 9.55 Å². The summed E-state index contributed by atoms with van der Waals surface area (Å²) < 4.78 is 23.6. The van der Waals surface area contributed by atoms with E-state index in [0.717, 1.165) is 83.8 Å². The molecule has 8 aromatic carbocycles. The minimum atomic E-state index is -0.275. The van der Waals surface area contributed by atoms with Crippen LogP contribution in [0, 0.1) is 24.6 Å². The van der Waals surface area contributed by atoms with Crippen LogP contribution in [0.5, 0.6) is 11.5 Å². The predicted octanol–water partition coefficient (Wildman–Crippen LogP) is 16.7. The molecule has 0 unspecified atom stereocenters. The Labute approximate surface area is 418 Å². The van der Waals surface area contributed by atoms with Crippen molar-refractivity contribution in [1.82, 2.24) is 9.55 Å². The second kappa shape index (κ2) is 18.0. The van der Waals surface area contributed by atoms with Crippen molar-refractivity contribution >= 4 is 44.6 Å². The van der Waals surface area contributed by atoms with Gasteiger partial charge in [-0.25, -0.2) is 9.37 Å². The summed E-state index contributed by atoms with van der Waals surface area (Å²) >= 11 is 0. The number of hydrogen-bond acceptors (Lipinski definition) is 4. The Bertz CT molecular complexity index is 3510. The molecule has 0 aliphatic carbocycles. The van der Waals surface area contributed by atoms with Crippen LogP contribution in [-0.2, 0) is 31.9 Å². The Hall–Kier alpha value is -7.27. The summed E-state index contributed by atoms with van der Waals surface area (Å²) in [5.74, 6) is 1.66. The predicted molar refractivity (Wildman–Crippen MR) is 278 cm³/mol. The number of fused-ring (bicyclic) bond motifs is 4. The fraction of sp³-hybridized carbons (Fsp3) is 0.129. The van der Waals surface area contributed by atoms with Crippen LogP contribution in [0.25, 0.3) is 61.0 Å². The zero-order valence-corrected chi connectivity index (χ0v) is 41.6. The van der Waals surface area contributed by atoms with Gasteiger partial charge >= 0.3 is 0 Å². The van der Waals surface area contributed by atoms with E-state index in [-0.39, 0.29) is 37.7 Å². The summed E-state index contributed by atoms with van der Waals surface area (Å²) in [5, 5.41) is 2.18. The van der Waals surface area contributed by atoms with Crippen LogP contribution in [0.2, 0.25) is 0 Å². The number of para-hydroxylation sites is 4. The molecule has 1 aliphatic heterocycles. The molecule has 0 amide bonds. The van der Waals surface area contributed by atoms with Crippen LogP contribution in [0.4, 0.5) is 27.1 Å². The Morgan fingerprint density at radius 3 is 1.93 bits per heavy atom. The summed E-state index contributed by atoms with van der Waals surface area (Å²) in [6.07, 6.45) is 1.90. The molecule has 0 bridgehead atoms. The zero-order valence-electron chi connectivity index (χ0n) is 39.4. The molecule has 10 aromatic rings. The topological polar surface area (TPSA) is 33.5 Å². The van der Waals surface area contributed by atoms with Gasteiger partial charge in [0.2, 0.25) is 0 Å². The van der Waals surface area contributed by atoms with E-state index < -0.39 is 0 Å². The molecular weight excluding hydrogens is 1030 g/mol. The van der Waals surface area contributed by atoms with E-state index >= 15 is 0 Å². The minimum Gasteiger partial charge on any atom is -0.509 e. The first kappa shape index (κ1) is 45.5. The standard InChI is InChI=1S/C62H50FN4O.Pt/c1-61(2,3)44-33-34-64-59(37-44)67-55-24-13-11-20-52(55)53-32-31-47(39-58(53)67)68-48-36-43(49-19-10-12-23-54(49)62(4,5)6)35-46(38-48)65-40-66(57-26-15-14-25-56(57)65)60-50(41-17-8-7-9-18-41)21-16-22-51(60)42-27-29-45(63)30-28-42;/h7-37,40H,1-6H3;/q-3;. The number of benzene rings is 8. The smallest absolute Gasteiger partial charge is 0.135 e. The Kier molecular flexibility index (Phi) is 11.9. The van der Waals surface area contributed by atoms with Gasteiger partial charge in [-0.15, -0.1) is 53.6 Å². The van der Waals surface area contributed by atoms with Gasteiger partial charge in [0.05, 0.1) is 0 Å². The first-order chi connectivity index (χ1) is 32.9. The van der Waals surface area contributed by atoms with Crippen LogP contribution in [0.15, 0.2) is 188 Å². The van der Waals surface area contributed by atoms with E-state index in [2.05, 4.69) is 220 Å². The molecule has 11 rings (SSSR count). The molecule has 0 fully saturated rings. The Morgan fingerprint density at radius 2 is 1.19 bits per heavy atom. The molecule has 69 heavy (non-hydrogen) atoms. The first-order valence-corrected chi connectivity index (χ1v) is 23.1. The van der Waals surface area contributed by atoms with Gasteiger partial charge in [-0.1, -0.05) is 162 Å². The molecule has 0 N–H and O–H groups in total. The number of hydrogen-bond donors (Lipinski definition) is 0. The van der Waals surface area contributed by atoms with Crippen LogP contribution < -0.4 is 14.5 Å². The molecule has 0 saturated heterocycles. The number of halogens is 1. The molecule has 3 heterocycles. The Balaban J connectivity index is 0.00000553. The number of pyridine rings is 1. The molecular formula is C62H50FN4OPt-3. The molecule has 7 heteroatoms. The van der Waals surface area contributed by atoms with Gasteiger partial charge in [0.1, 0.15) is 11.6 Å². The zero-order chi connectivity index (χ0) is 46.7. The first-order valence-electron chi connectivity index (χ1n) is 23.1. The van der Waals surface area contributed by atoms with Crippen molar-refractivity contribution in [3.63, 3.8) is 0 Å². The second-order valence-electron chi connectivity index (χ2n) is 19.5. The van der Waals surface area contributed by atoms with Crippen molar-refractivity contribution in [2.24, 2.45) is 0 Å². The Morgan fingerprint density at radius 1 is 0.536 bits per heavy atom. The molecule has 2 aromatic heterocycles. The van der Waals surface area contributed by atoms with E-state index in [4.69, 9.17) is 9.72 Å². The normalized spacial score (nSPS) is 12.6. The quantitative estimate of drug-likeness (QED) is 0.142. The summed E-state index contributed by atoms with van der Waals surface area (Å²) in [4.78, 5) is 9.35. The molecule has 0 atom stereocenters. The van der Waals surface area contributed by atoms with Crippen LogP contribution in [0.1, 0.15) is 52.7 Å². The SMILES string of the molecule is CC(C)(C)c1ccnc(-n2c3[c-]c(Oc4[c-]c(N5[CH-]N(c6c(-c7ccccc7)cccc6-c6ccc(F)cc6)c6ccccc65)cc(-c5ccccc5C(C)(C)C)c4)ccc3c3ccccc32)c1.[Pt]. The summed E-state index contributed by atoms with van der Waals surface area (Å²) in [6, 6.07) is 69.1. The van der Waals surface area contributed by atoms with E-state index in [9.17, 15) is 4.39 Å². The third-order valence-corrected chi connectivity index (χ3v) is 12.9. The van der Waals surface area contributed by atoms with Crippen molar-refractivity contribution in [3.8, 4) is 50.7 Å². The van der Waals surface area contributed by atoms with E-state index in [1.54, 1.807) is 0 Å². The maximum atomic E-state index is 14.4. The number of ether oxygens (including phenoxy) is 1. The van der Waals surface area contributed by atoms with E-state index in [0.29, 0.717) is 11.5 Å². The summed E-state index contributed by atoms with van der Waals surface area (Å²) in [7, 11) is 0. The van der Waals surface area contributed by atoms with Crippen LogP contribution in [0.3, 0.4) is 0 Å².